The smallest absolute Gasteiger partial charge is 0.303 e. The van der Waals surface area contributed by atoms with Crippen molar-refractivity contribution in [1.82, 2.24) is 0 Å². The standard InChI is InChI=1S/C8H16O2.2CHNO/c1-2-3-4-5-6-7-8(9)10;2*2-1-3/h2-7H2,1H3,(H,9,10);2*2H. The van der Waals surface area contributed by atoms with E-state index >= 15 is 0 Å². The van der Waals surface area contributed by atoms with Gasteiger partial charge in [0, 0.05) is 6.42 Å². The minimum absolute atomic E-state index is 0.337. The Morgan fingerprint density at radius 2 is 1.44 bits per heavy atom. The summed E-state index contributed by atoms with van der Waals surface area (Å²) in [5, 5.41) is 19.1. The van der Waals surface area contributed by atoms with Crippen molar-refractivity contribution in [1.29, 1.82) is 10.8 Å². The van der Waals surface area contributed by atoms with Crippen molar-refractivity contribution in [3.63, 3.8) is 0 Å². The summed E-state index contributed by atoms with van der Waals surface area (Å²) in [5.41, 5.74) is 0. The fourth-order valence-electron chi connectivity index (χ4n) is 0.880. The van der Waals surface area contributed by atoms with Gasteiger partial charge in [0.25, 0.3) is 0 Å². The van der Waals surface area contributed by atoms with Gasteiger partial charge in [-0.2, -0.15) is 0 Å². The third-order valence-corrected chi connectivity index (χ3v) is 1.49. The molecule has 0 fully saturated rings. The molecular weight excluding hydrogens is 212 g/mol. The molecule has 0 rings (SSSR count). The first kappa shape index (κ1) is 19.7. The molecule has 0 aliphatic rings. The number of nitrogens with one attached hydrogen (secondary N) is 2. The summed E-state index contributed by atoms with van der Waals surface area (Å²) in [7, 11) is 0. The lowest BCUT2D eigenvalue weighted by atomic mass is 10.1. The van der Waals surface area contributed by atoms with E-state index < -0.39 is 5.97 Å². The lowest BCUT2D eigenvalue weighted by Gasteiger charge is -1.95. The fourth-order valence-corrected chi connectivity index (χ4v) is 0.880. The fraction of sp³-hybridized carbons (Fsp3) is 0.700. The van der Waals surface area contributed by atoms with Gasteiger partial charge >= 0.3 is 5.97 Å². The Morgan fingerprint density at radius 3 is 1.75 bits per heavy atom. The molecule has 0 bridgehead atoms. The second kappa shape index (κ2) is 23.2. The Morgan fingerprint density at radius 1 is 1.06 bits per heavy atom. The zero-order valence-corrected chi connectivity index (χ0v) is 9.41. The van der Waals surface area contributed by atoms with Gasteiger partial charge < -0.3 is 5.11 Å². The van der Waals surface area contributed by atoms with E-state index in [2.05, 4.69) is 6.92 Å². The minimum Gasteiger partial charge on any atom is -0.481 e. The van der Waals surface area contributed by atoms with Crippen LogP contribution in [0.25, 0.3) is 0 Å². The molecule has 6 heteroatoms. The van der Waals surface area contributed by atoms with Gasteiger partial charge in [-0.05, 0) is 6.42 Å². The summed E-state index contributed by atoms with van der Waals surface area (Å²) in [6, 6.07) is 0. The normalized spacial score (nSPS) is 7.06. The monoisotopic (exact) mass is 230 g/mol. The molecule has 0 aliphatic carbocycles. The number of carboxylic acid groups (broad SMARTS) is 1. The van der Waals surface area contributed by atoms with Crippen LogP contribution in [-0.4, -0.2) is 23.2 Å². The molecule has 16 heavy (non-hydrogen) atoms. The molecule has 0 radical (unpaired) electrons. The van der Waals surface area contributed by atoms with Crippen LogP contribution < -0.4 is 0 Å². The zero-order valence-electron chi connectivity index (χ0n) is 9.41. The van der Waals surface area contributed by atoms with E-state index in [-0.39, 0.29) is 0 Å². The Kier molecular flexibility index (Phi) is 28.7. The van der Waals surface area contributed by atoms with Crippen molar-refractivity contribution in [3.8, 4) is 0 Å². The molecule has 0 saturated heterocycles. The van der Waals surface area contributed by atoms with Crippen molar-refractivity contribution < 1.29 is 19.5 Å². The molecule has 0 spiro atoms. The molecular formula is C10H18N2O4. The molecule has 92 valence electrons. The average Bonchev–Trinajstić information content (AvgIpc) is 2.19. The number of carbonyl (C=O) groups excluding carboxylic acids is 2. The number of rotatable bonds is 6. The lowest BCUT2D eigenvalue weighted by molar-refractivity contribution is -0.137. The molecule has 0 aliphatic heterocycles. The van der Waals surface area contributed by atoms with Crippen molar-refractivity contribution in [2.24, 2.45) is 0 Å². The van der Waals surface area contributed by atoms with Crippen LogP contribution in [0.3, 0.4) is 0 Å². The van der Waals surface area contributed by atoms with E-state index in [0.717, 1.165) is 25.0 Å². The van der Waals surface area contributed by atoms with Gasteiger partial charge in [-0.1, -0.05) is 32.6 Å². The summed E-state index contributed by atoms with van der Waals surface area (Å²) in [6.45, 7) is 2.15. The van der Waals surface area contributed by atoms with Crippen molar-refractivity contribution in [3.05, 3.63) is 0 Å². The average molecular weight is 230 g/mol. The first-order chi connectivity index (χ1) is 7.60. The van der Waals surface area contributed by atoms with Crippen LogP contribution in [0.4, 0.5) is 0 Å². The Hall–Kier alpha value is -1.77. The quantitative estimate of drug-likeness (QED) is 0.368. The van der Waals surface area contributed by atoms with Crippen LogP contribution in [0.1, 0.15) is 45.4 Å². The predicted octanol–water partition coefficient (Wildman–Crippen LogP) is 2.23. The number of carboxylic acids is 1. The van der Waals surface area contributed by atoms with Gasteiger partial charge in [-0.3, -0.25) is 4.79 Å². The highest BCUT2D eigenvalue weighted by molar-refractivity contribution is 5.66. The highest BCUT2D eigenvalue weighted by atomic mass is 16.4. The Labute approximate surface area is 94.7 Å². The number of hydrogen-bond acceptors (Lipinski definition) is 5. The number of carbonyl (C=O) groups is 1. The van der Waals surface area contributed by atoms with Gasteiger partial charge in [0.2, 0.25) is 12.2 Å². The van der Waals surface area contributed by atoms with Gasteiger partial charge in [-0.25, -0.2) is 20.4 Å². The first-order valence-corrected chi connectivity index (χ1v) is 4.90. The third-order valence-electron chi connectivity index (χ3n) is 1.49. The number of isocyanates is 2. The summed E-state index contributed by atoms with van der Waals surface area (Å²) in [4.78, 5) is 26.7. The van der Waals surface area contributed by atoms with E-state index in [1.165, 1.54) is 19.3 Å². The number of hydrogen-bond donors (Lipinski definition) is 3. The third kappa shape index (κ3) is 56.4. The lowest BCUT2D eigenvalue weighted by Crippen LogP contribution is -1.93. The molecule has 0 heterocycles. The second-order valence-corrected chi connectivity index (χ2v) is 2.76. The number of unbranched alkanes of at least 4 members (excludes halogenated alkanes) is 4. The van der Waals surface area contributed by atoms with E-state index in [1.807, 2.05) is 0 Å². The number of aliphatic carboxylic acids is 1. The van der Waals surface area contributed by atoms with Gasteiger partial charge in [0.1, 0.15) is 0 Å². The van der Waals surface area contributed by atoms with Crippen LogP contribution in [-0.2, 0) is 14.4 Å². The summed E-state index contributed by atoms with van der Waals surface area (Å²) in [5.74, 6) is -0.670. The van der Waals surface area contributed by atoms with Crippen LogP contribution in [0, 0.1) is 10.8 Å². The Balaban J connectivity index is -0.000000235. The maximum absolute atomic E-state index is 10.0. The molecule has 0 amide bonds. The van der Waals surface area contributed by atoms with Crippen molar-refractivity contribution >= 4 is 18.1 Å². The van der Waals surface area contributed by atoms with E-state index in [9.17, 15) is 4.79 Å². The van der Waals surface area contributed by atoms with Crippen molar-refractivity contribution in [2.75, 3.05) is 0 Å². The zero-order chi connectivity index (χ0) is 13.2. The maximum Gasteiger partial charge on any atom is 0.303 e. The van der Waals surface area contributed by atoms with Gasteiger partial charge in [-0.15, -0.1) is 0 Å². The molecule has 0 atom stereocenters. The van der Waals surface area contributed by atoms with Gasteiger partial charge in [0.05, 0.1) is 0 Å². The molecule has 0 aromatic rings. The van der Waals surface area contributed by atoms with Crippen LogP contribution in [0.5, 0.6) is 0 Å². The first-order valence-electron chi connectivity index (χ1n) is 4.90. The highest BCUT2D eigenvalue weighted by Crippen LogP contribution is 2.04. The molecule has 0 aromatic heterocycles. The minimum atomic E-state index is -0.670. The van der Waals surface area contributed by atoms with E-state index in [4.69, 9.17) is 25.5 Å². The van der Waals surface area contributed by atoms with Gasteiger partial charge in [0.15, 0.2) is 0 Å². The largest absolute Gasteiger partial charge is 0.481 e. The maximum atomic E-state index is 10.0. The summed E-state index contributed by atoms with van der Waals surface area (Å²) in [6.07, 6.45) is 7.38. The summed E-state index contributed by atoms with van der Waals surface area (Å²) >= 11 is 0. The molecule has 0 unspecified atom stereocenters. The van der Waals surface area contributed by atoms with Crippen LogP contribution in [0.2, 0.25) is 0 Å². The Bertz CT molecular complexity index is 205. The molecule has 0 aromatic carbocycles. The van der Waals surface area contributed by atoms with Crippen LogP contribution in [0.15, 0.2) is 0 Å². The topological polar surface area (TPSA) is 119 Å². The molecule has 0 saturated carbocycles. The SMILES string of the molecule is CCCCCCCC(=O)O.N=C=O.N=C=O. The molecule has 3 N–H and O–H groups in total. The summed E-state index contributed by atoms with van der Waals surface area (Å²) < 4.78 is 0. The molecule has 6 nitrogen and oxygen atoms in total. The van der Waals surface area contributed by atoms with E-state index in [0.29, 0.717) is 6.42 Å². The predicted molar refractivity (Wildman–Crippen MR) is 57.8 cm³/mol. The van der Waals surface area contributed by atoms with E-state index in [1.54, 1.807) is 0 Å². The van der Waals surface area contributed by atoms with Crippen LogP contribution >= 0.6 is 0 Å². The van der Waals surface area contributed by atoms with Crippen molar-refractivity contribution in [2.45, 2.75) is 45.4 Å². The highest BCUT2D eigenvalue weighted by Gasteiger charge is 1.94. The second-order valence-electron chi connectivity index (χ2n) is 2.76.